The topological polar surface area (TPSA) is 113 Å². The second kappa shape index (κ2) is 9.41. The van der Waals surface area contributed by atoms with E-state index in [1.54, 1.807) is 62.4 Å². The van der Waals surface area contributed by atoms with Crippen LogP contribution in [0.25, 0.3) is 21.1 Å². The van der Waals surface area contributed by atoms with Gasteiger partial charge in [0.2, 0.25) is 0 Å². The van der Waals surface area contributed by atoms with Gasteiger partial charge >= 0.3 is 5.97 Å². The number of hydrogen-bond acceptors (Lipinski definition) is 8. The highest BCUT2D eigenvalue weighted by Gasteiger charge is 2.22. The first kappa shape index (κ1) is 24.6. The fourth-order valence-electron chi connectivity index (χ4n) is 4.01. The lowest BCUT2D eigenvalue weighted by Crippen LogP contribution is -2.17. The number of ether oxygens (including phenoxy) is 1. The molecule has 0 saturated heterocycles. The Morgan fingerprint density at radius 3 is 2.59 bits per heavy atom. The molecule has 0 saturated carbocycles. The van der Waals surface area contributed by atoms with E-state index in [4.69, 9.17) is 4.74 Å². The van der Waals surface area contributed by atoms with Crippen molar-refractivity contribution in [1.82, 2.24) is 13.6 Å². The highest BCUT2D eigenvalue weighted by Crippen LogP contribution is 2.28. The zero-order valence-corrected chi connectivity index (χ0v) is 21.8. The molecule has 3 aromatic heterocycles. The van der Waals surface area contributed by atoms with Gasteiger partial charge in [-0.15, -0.1) is 11.3 Å². The number of aryl methyl sites for hydroxylation is 2. The molecule has 188 valence electrons. The number of esters is 1. The summed E-state index contributed by atoms with van der Waals surface area (Å²) >= 11 is 1.10. The van der Waals surface area contributed by atoms with Gasteiger partial charge < -0.3 is 4.74 Å². The Balaban J connectivity index is 1.59. The summed E-state index contributed by atoms with van der Waals surface area (Å²) in [4.78, 5) is 30.6. The van der Waals surface area contributed by atoms with E-state index in [0.29, 0.717) is 31.7 Å². The molecule has 0 fully saturated rings. The molecule has 0 radical (unpaired) electrons. The Kier molecular flexibility index (Phi) is 6.26. The van der Waals surface area contributed by atoms with Gasteiger partial charge in [0, 0.05) is 17.1 Å². The maximum atomic E-state index is 13.4. The number of carbonyl (C=O) groups is 1. The minimum Gasteiger partial charge on any atom is -0.462 e. The van der Waals surface area contributed by atoms with Crippen LogP contribution in [0.5, 0.6) is 0 Å². The molecule has 0 atom stereocenters. The van der Waals surface area contributed by atoms with Crippen molar-refractivity contribution in [3.63, 3.8) is 0 Å². The average molecular weight is 535 g/mol. The lowest BCUT2D eigenvalue weighted by molar-refractivity contribution is 0.0531. The van der Waals surface area contributed by atoms with Crippen molar-refractivity contribution in [2.24, 2.45) is 5.10 Å². The molecule has 5 aromatic rings. The van der Waals surface area contributed by atoms with Crippen LogP contribution in [0.4, 0.5) is 0 Å². The zero-order chi connectivity index (χ0) is 26.3. The number of fused-ring (bicyclic) bond motifs is 2. The van der Waals surface area contributed by atoms with Crippen LogP contribution in [0.1, 0.15) is 33.3 Å². The molecular weight excluding hydrogens is 512 g/mol. The highest BCUT2D eigenvalue weighted by molar-refractivity contribution is 7.90. The Morgan fingerprint density at radius 1 is 1.14 bits per heavy atom. The predicted octanol–water partition coefficient (Wildman–Crippen LogP) is 4.33. The highest BCUT2D eigenvalue weighted by atomic mass is 32.2. The first-order valence-electron chi connectivity index (χ1n) is 11.4. The molecule has 0 aliphatic carbocycles. The minimum atomic E-state index is -3.87. The second-order valence-electron chi connectivity index (χ2n) is 8.31. The van der Waals surface area contributed by atoms with Crippen LogP contribution in [0, 0.1) is 13.8 Å². The molecule has 0 unspecified atom stereocenters. The molecular formula is C26H22N4O5S2. The van der Waals surface area contributed by atoms with E-state index in [0.717, 1.165) is 21.6 Å². The fourth-order valence-corrected chi connectivity index (χ4v) is 6.42. The lowest BCUT2D eigenvalue weighted by Gasteiger charge is -2.07. The monoisotopic (exact) mass is 534 g/mol. The van der Waals surface area contributed by atoms with Crippen molar-refractivity contribution in [3.8, 4) is 0 Å². The van der Waals surface area contributed by atoms with E-state index in [9.17, 15) is 18.0 Å². The summed E-state index contributed by atoms with van der Waals surface area (Å²) in [6.45, 7) is 5.50. The summed E-state index contributed by atoms with van der Waals surface area (Å²) in [6, 6.07) is 13.7. The van der Waals surface area contributed by atoms with Gasteiger partial charge in [-0.2, -0.15) is 9.78 Å². The largest absolute Gasteiger partial charge is 0.462 e. The molecule has 9 nitrogen and oxygen atoms in total. The molecule has 0 amide bonds. The molecule has 37 heavy (non-hydrogen) atoms. The number of benzene rings is 2. The second-order valence-corrected chi connectivity index (χ2v) is 11.1. The van der Waals surface area contributed by atoms with E-state index >= 15 is 0 Å². The van der Waals surface area contributed by atoms with E-state index in [1.807, 2.05) is 6.92 Å². The molecule has 0 spiro atoms. The van der Waals surface area contributed by atoms with Gasteiger partial charge in [0.25, 0.3) is 15.6 Å². The van der Waals surface area contributed by atoms with Gasteiger partial charge in [0.15, 0.2) is 0 Å². The first-order valence-corrected chi connectivity index (χ1v) is 13.6. The molecule has 5 rings (SSSR count). The number of rotatable bonds is 6. The van der Waals surface area contributed by atoms with Crippen molar-refractivity contribution in [1.29, 1.82) is 0 Å². The van der Waals surface area contributed by atoms with Crippen molar-refractivity contribution < 1.29 is 17.9 Å². The van der Waals surface area contributed by atoms with Crippen LogP contribution in [-0.4, -0.2) is 40.8 Å². The first-order chi connectivity index (χ1) is 17.7. The van der Waals surface area contributed by atoms with Gasteiger partial charge in [-0.3, -0.25) is 4.79 Å². The zero-order valence-electron chi connectivity index (χ0n) is 20.2. The maximum absolute atomic E-state index is 13.4. The third-order valence-corrected chi connectivity index (χ3v) is 8.77. The number of thiophene rings is 1. The number of para-hydroxylation sites is 1. The summed E-state index contributed by atoms with van der Waals surface area (Å²) in [7, 11) is -3.87. The van der Waals surface area contributed by atoms with Crippen molar-refractivity contribution in [2.45, 2.75) is 25.7 Å². The Hall–Kier alpha value is -4.09. The molecule has 0 aliphatic heterocycles. The molecule has 0 N–H and O–H groups in total. The normalized spacial score (nSPS) is 12.1. The minimum absolute atomic E-state index is 0.165. The van der Waals surface area contributed by atoms with Crippen LogP contribution in [0.15, 0.2) is 75.8 Å². The quantitative estimate of drug-likeness (QED) is 0.237. The van der Waals surface area contributed by atoms with Gasteiger partial charge in [-0.25, -0.2) is 22.2 Å². The van der Waals surface area contributed by atoms with E-state index in [2.05, 4.69) is 10.1 Å². The van der Waals surface area contributed by atoms with E-state index < -0.39 is 21.6 Å². The summed E-state index contributed by atoms with van der Waals surface area (Å²) in [5.41, 5.74) is 1.99. The summed E-state index contributed by atoms with van der Waals surface area (Å²) < 4.78 is 34.2. The molecule has 0 bridgehead atoms. The third-order valence-electron chi connectivity index (χ3n) is 5.90. The van der Waals surface area contributed by atoms with Gasteiger partial charge in [0.1, 0.15) is 16.0 Å². The molecule has 0 aliphatic rings. The Labute approximate surface area is 216 Å². The number of hydrogen-bond donors (Lipinski definition) is 0. The molecule has 2 aromatic carbocycles. The van der Waals surface area contributed by atoms with Gasteiger partial charge in [-0.1, -0.05) is 35.9 Å². The third kappa shape index (κ3) is 4.25. The molecule has 3 heterocycles. The number of aromatic nitrogens is 3. The van der Waals surface area contributed by atoms with Crippen LogP contribution >= 0.6 is 11.3 Å². The number of carbonyl (C=O) groups excluding carboxylic acids is 1. The summed E-state index contributed by atoms with van der Waals surface area (Å²) in [5, 5.41) is 5.23. The number of nitrogens with zero attached hydrogens (tertiary/aromatic N) is 4. The average Bonchev–Trinajstić information content (AvgIpc) is 3.43. The van der Waals surface area contributed by atoms with Gasteiger partial charge in [-0.05, 0) is 44.5 Å². The maximum Gasteiger partial charge on any atom is 0.348 e. The van der Waals surface area contributed by atoms with Crippen molar-refractivity contribution in [2.75, 3.05) is 6.61 Å². The predicted molar refractivity (Wildman–Crippen MR) is 143 cm³/mol. The van der Waals surface area contributed by atoms with E-state index in [-0.39, 0.29) is 16.9 Å². The molecule has 11 heteroatoms. The SMILES string of the molecule is CCOC(=O)c1sc2ncn(/N=C\c3cn(S(=O)(=O)c4ccc(C)cc4)c4ccccc34)c(=O)c2c1C. The summed E-state index contributed by atoms with van der Waals surface area (Å²) in [5.74, 6) is -0.500. The van der Waals surface area contributed by atoms with Crippen molar-refractivity contribution in [3.05, 3.63) is 93.0 Å². The summed E-state index contributed by atoms with van der Waals surface area (Å²) in [6.07, 6.45) is 4.18. The van der Waals surface area contributed by atoms with Crippen LogP contribution < -0.4 is 5.56 Å². The lowest BCUT2D eigenvalue weighted by atomic mass is 10.2. The smallest absolute Gasteiger partial charge is 0.348 e. The Bertz CT molecular complexity index is 1860. The van der Waals surface area contributed by atoms with Crippen LogP contribution in [0.2, 0.25) is 0 Å². The van der Waals surface area contributed by atoms with Crippen LogP contribution in [-0.2, 0) is 14.8 Å². The van der Waals surface area contributed by atoms with Crippen LogP contribution in [0.3, 0.4) is 0 Å². The van der Waals surface area contributed by atoms with Gasteiger partial charge in [0.05, 0.1) is 28.6 Å². The van der Waals surface area contributed by atoms with Crippen molar-refractivity contribution >= 4 is 54.7 Å². The van der Waals surface area contributed by atoms with E-state index in [1.165, 1.54) is 22.7 Å². The fraction of sp³-hybridized carbons (Fsp3) is 0.154. The standard InChI is InChI=1S/C26H22N4O5S2/c1-4-35-26(32)23-17(3)22-24(36-23)27-15-29(25(22)31)28-13-18-14-30(21-8-6-5-7-20(18)21)37(33,34)19-11-9-16(2)10-12-19/h5-15H,4H2,1-3H3/b28-13-. The Morgan fingerprint density at radius 2 is 1.86 bits per heavy atom.